The molecule has 0 saturated carbocycles. The normalized spacial score (nSPS) is 12.2. The van der Waals surface area contributed by atoms with Crippen LogP contribution in [0.25, 0.3) is 0 Å². The summed E-state index contributed by atoms with van der Waals surface area (Å²) in [5, 5.41) is 9.79. The van der Waals surface area contributed by atoms with Crippen molar-refractivity contribution in [2.45, 2.75) is 40.4 Å². The van der Waals surface area contributed by atoms with Crippen molar-refractivity contribution >= 4 is 0 Å². The number of benzene rings is 2. The van der Waals surface area contributed by atoms with E-state index in [-0.39, 0.29) is 0 Å². The van der Waals surface area contributed by atoms with Gasteiger partial charge < -0.3 is 9.84 Å². The lowest BCUT2D eigenvalue weighted by molar-refractivity contribution is 0.190. The molecule has 0 saturated heterocycles. The van der Waals surface area contributed by atoms with Gasteiger partial charge in [-0.15, -0.1) is 0 Å². The van der Waals surface area contributed by atoms with Crippen LogP contribution in [0.15, 0.2) is 36.4 Å². The summed E-state index contributed by atoms with van der Waals surface area (Å²) in [6, 6.07) is 12.2. The molecule has 0 aliphatic heterocycles. The number of aliphatic hydroxyl groups excluding tert-OH is 1. The highest BCUT2D eigenvalue weighted by molar-refractivity contribution is 5.39. The van der Waals surface area contributed by atoms with Crippen LogP contribution >= 0.6 is 0 Å². The third-order valence-corrected chi connectivity index (χ3v) is 3.58. The number of hydrogen-bond acceptors (Lipinski definition) is 2. The first-order chi connectivity index (χ1) is 9.47. The van der Waals surface area contributed by atoms with Gasteiger partial charge in [-0.3, -0.25) is 0 Å². The zero-order valence-electron chi connectivity index (χ0n) is 12.6. The van der Waals surface area contributed by atoms with Gasteiger partial charge >= 0.3 is 0 Å². The lowest BCUT2D eigenvalue weighted by Gasteiger charge is -2.15. The Hall–Kier alpha value is -1.80. The Balaban J connectivity index is 2.17. The zero-order valence-corrected chi connectivity index (χ0v) is 12.6. The lowest BCUT2D eigenvalue weighted by Crippen LogP contribution is -2.02. The number of ether oxygens (including phenoxy) is 1. The summed E-state index contributed by atoms with van der Waals surface area (Å²) in [5.41, 5.74) is 5.66. The Labute approximate surface area is 121 Å². The summed E-state index contributed by atoms with van der Waals surface area (Å²) >= 11 is 0. The van der Waals surface area contributed by atoms with E-state index in [1.54, 1.807) is 6.92 Å². The van der Waals surface area contributed by atoms with Crippen molar-refractivity contribution in [2.75, 3.05) is 0 Å². The quantitative estimate of drug-likeness (QED) is 0.900. The molecule has 0 fully saturated rings. The summed E-state index contributed by atoms with van der Waals surface area (Å²) in [4.78, 5) is 0. The van der Waals surface area contributed by atoms with Crippen LogP contribution < -0.4 is 4.74 Å². The monoisotopic (exact) mass is 270 g/mol. The topological polar surface area (TPSA) is 29.5 Å². The Kier molecular flexibility index (Phi) is 4.46. The van der Waals surface area contributed by atoms with Crippen LogP contribution in [-0.4, -0.2) is 5.11 Å². The fourth-order valence-corrected chi connectivity index (χ4v) is 2.17. The molecule has 0 bridgehead atoms. The third-order valence-electron chi connectivity index (χ3n) is 3.58. The second-order valence-corrected chi connectivity index (χ2v) is 5.42. The van der Waals surface area contributed by atoms with Gasteiger partial charge in [-0.05, 0) is 56.0 Å². The molecule has 0 unspecified atom stereocenters. The minimum atomic E-state index is -0.523. The van der Waals surface area contributed by atoms with Gasteiger partial charge in [-0.1, -0.05) is 30.3 Å². The molecule has 0 aliphatic rings. The van der Waals surface area contributed by atoms with Gasteiger partial charge in [0.25, 0.3) is 0 Å². The van der Waals surface area contributed by atoms with Crippen LogP contribution in [0, 0.1) is 20.8 Å². The van der Waals surface area contributed by atoms with Crippen LogP contribution in [0.5, 0.6) is 5.75 Å². The predicted octanol–water partition coefficient (Wildman–Crippen LogP) is 4.24. The van der Waals surface area contributed by atoms with Gasteiger partial charge in [-0.2, -0.15) is 0 Å². The highest BCUT2D eigenvalue weighted by atomic mass is 16.5. The molecule has 0 amide bonds. The van der Waals surface area contributed by atoms with Gasteiger partial charge in [0.1, 0.15) is 12.4 Å². The summed E-state index contributed by atoms with van der Waals surface area (Å²) in [6.07, 6.45) is -0.523. The molecule has 20 heavy (non-hydrogen) atoms. The first-order valence-electron chi connectivity index (χ1n) is 6.95. The molecule has 0 aliphatic carbocycles. The van der Waals surface area contributed by atoms with Crippen molar-refractivity contribution in [1.29, 1.82) is 0 Å². The van der Waals surface area contributed by atoms with Crippen molar-refractivity contribution in [3.05, 3.63) is 64.2 Å². The molecule has 0 radical (unpaired) electrons. The Morgan fingerprint density at radius 2 is 1.75 bits per heavy atom. The summed E-state index contributed by atoms with van der Waals surface area (Å²) in [5.74, 6) is 0.762. The van der Waals surface area contributed by atoms with E-state index in [9.17, 15) is 5.11 Å². The summed E-state index contributed by atoms with van der Waals surface area (Å²) in [7, 11) is 0. The third kappa shape index (κ3) is 3.40. The summed E-state index contributed by atoms with van der Waals surface area (Å²) < 4.78 is 5.90. The van der Waals surface area contributed by atoms with Crippen LogP contribution in [0.3, 0.4) is 0 Å². The molecule has 2 heteroatoms. The van der Waals surface area contributed by atoms with Crippen LogP contribution in [0.2, 0.25) is 0 Å². The van der Waals surface area contributed by atoms with Gasteiger partial charge in [0.2, 0.25) is 0 Å². The van der Waals surface area contributed by atoms with Crippen molar-refractivity contribution in [3.63, 3.8) is 0 Å². The van der Waals surface area contributed by atoms with Crippen molar-refractivity contribution in [1.82, 2.24) is 0 Å². The highest BCUT2D eigenvalue weighted by Gasteiger charge is 2.09. The number of aryl methyl sites for hydroxylation is 3. The largest absolute Gasteiger partial charge is 0.489 e. The molecule has 1 N–H and O–H groups in total. The van der Waals surface area contributed by atoms with Gasteiger partial charge in [-0.25, -0.2) is 0 Å². The van der Waals surface area contributed by atoms with Crippen molar-refractivity contribution < 1.29 is 9.84 Å². The minimum Gasteiger partial charge on any atom is -0.489 e. The van der Waals surface area contributed by atoms with E-state index in [1.807, 2.05) is 25.1 Å². The Morgan fingerprint density at radius 3 is 2.40 bits per heavy atom. The maximum absolute atomic E-state index is 9.79. The first-order valence-corrected chi connectivity index (χ1v) is 6.95. The van der Waals surface area contributed by atoms with Crippen LogP contribution in [-0.2, 0) is 6.61 Å². The van der Waals surface area contributed by atoms with E-state index in [1.165, 1.54) is 11.1 Å². The number of aliphatic hydroxyl groups is 1. The molecule has 2 rings (SSSR count). The molecular weight excluding hydrogens is 248 g/mol. The fourth-order valence-electron chi connectivity index (χ4n) is 2.17. The van der Waals surface area contributed by atoms with E-state index in [2.05, 4.69) is 32.0 Å². The second-order valence-electron chi connectivity index (χ2n) is 5.42. The number of hydrogen-bond donors (Lipinski definition) is 1. The fraction of sp³-hybridized carbons (Fsp3) is 0.333. The zero-order chi connectivity index (χ0) is 14.7. The smallest absolute Gasteiger partial charge is 0.125 e. The minimum absolute atomic E-state index is 0.518. The van der Waals surface area contributed by atoms with Gasteiger partial charge in [0.05, 0.1) is 6.10 Å². The maximum atomic E-state index is 9.79. The molecule has 0 spiro atoms. The molecule has 0 heterocycles. The number of rotatable bonds is 4. The highest BCUT2D eigenvalue weighted by Crippen LogP contribution is 2.27. The van der Waals surface area contributed by atoms with Gasteiger partial charge in [0, 0.05) is 5.56 Å². The molecular formula is C18H22O2. The molecule has 106 valence electrons. The molecule has 2 aromatic rings. The average molecular weight is 270 g/mol. The van der Waals surface area contributed by atoms with Crippen LogP contribution in [0.4, 0.5) is 0 Å². The van der Waals surface area contributed by atoms with E-state index >= 15 is 0 Å². The standard InChI is InChI=1S/C18H22O2/c1-12-5-8-17(15(4)19)18(9-12)20-11-16-7-6-13(2)14(3)10-16/h5-10,15,19H,11H2,1-4H3/t15-/m1/s1. The second kappa shape index (κ2) is 6.10. The Bertz CT molecular complexity index is 600. The first kappa shape index (κ1) is 14.6. The molecule has 2 aromatic carbocycles. The Morgan fingerprint density at radius 1 is 1.00 bits per heavy atom. The average Bonchev–Trinajstić information content (AvgIpc) is 2.40. The lowest BCUT2D eigenvalue weighted by atomic mass is 10.1. The van der Waals surface area contributed by atoms with E-state index in [0.717, 1.165) is 22.4 Å². The molecule has 1 atom stereocenters. The molecule has 2 nitrogen and oxygen atoms in total. The SMILES string of the molecule is Cc1ccc([C@@H](C)O)c(OCc2ccc(C)c(C)c2)c1. The van der Waals surface area contributed by atoms with Crippen LogP contribution in [0.1, 0.15) is 40.8 Å². The van der Waals surface area contributed by atoms with Crippen molar-refractivity contribution in [3.8, 4) is 5.75 Å². The van der Waals surface area contributed by atoms with Crippen molar-refractivity contribution in [2.24, 2.45) is 0 Å². The molecule has 0 aromatic heterocycles. The van der Waals surface area contributed by atoms with E-state index in [4.69, 9.17) is 4.74 Å². The predicted molar refractivity (Wildman–Crippen MR) is 82.1 cm³/mol. The summed E-state index contributed by atoms with van der Waals surface area (Å²) in [6.45, 7) is 8.51. The maximum Gasteiger partial charge on any atom is 0.125 e. The van der Waals surface area contributed by atoms with E-state index in [0.29, 0.717) is 6.61 Å². The van der Waals surface area contributed by atoms with Gasteiger partial charge in [0.15, 0.2) is 0 Å². The van der Waals surface area contributed by atoms with E-state index < -0.39 is 6.10 Å².